The molecule has 2 N–H and O–H groups in total. The molecular weight excluding hydrogens is 270 g/mol. The van der Waals surface area contributed by atoms with Crippen molar-refractivity contribution in [2.24, 2.45) is 0 Å². The van der Waals surface area contributed by atoms with Crippen LogP contribution in [0.2, 0.25) is 0 Å². The highest BCUT2D eigenvalue weighted by atomic mass is 19.3. The maximum absolute atomic E-state index is 14.3. The minimum absolute atomic E-state index is 0.0563. The van der Waals surface area contributed by atoms with Gasteiger partial charge < -0.3 is 5.73 Å². The highest BCUT2D eigenvalue weighted by Crippen LogP contribution is 2.29. The number of rotatable bonds is 6. The van der Waals surface area contributed by atoms with Gasteiger partial charge >= 0.3 is 0 Å². The number of benzene rings is 2. The fraction of sp³-hybridized carbons (Fsp3) is 0.294. The van der Waals surface area contributed by atoms with Gasteiger partial charge in [-0.2, -0.15) is 8.78 Å². The van der Waals surface area contributed by atoms with Gasteiger partial charge in [-0.15, -0.1) is 0 Å². The SMILES string of the molecule is CCN(Cc1ccc(N)cc1)CC(F)(F)c1ccccc1. The highest BCUT2D eigenvalue weighted by Gasteiger charge is 2.33. The normalized spacial score (nSPS) is 11.8. The Morgan fingerprint density at radius 3 is 2.19 bits per heavy atom. The number of likely N-dealkylation sites (N-methyl/N-ethyl adjacent to an activating group) is 1. The third-order valence-corrected chi connectivity index (χ3v) is 3.45. The van der Waals surface area contributed by atoms with E-state index in [0.717, 1.165) is 5.56 Å². The highest BCUT2D eigenvalue weighted by molar-refractivity contribution is 5.39. The molecule has 2 aromatic carbocycles. The molecule has 0 heterocycles. The maximum Gasteiger partial charge on any atom is 0.285 e. The van der Waals surface area contributed by atoms with Gasteiger partial charge in [-0.1, -0.05) is 49.4 Å². The molecule has 4 heteroatoms. The molecular formula is C17H20F2N2. The van der Waals surface area contributed by atoms with Crippen molar-refractivity contribution in [3.05, 3.63) is 65.7 Å². The molecule has 0 saturated carbocycles. The Bertz CT molecular complexity index is 553. The summed E-state index contributed by atoms with van der Waals surface area (Å²) in [6, 6.07) is 15.3. The van der Waals surface area contributed by atoms with E-state index >= 15 is 0 Å². The Morgan fingerprint density at radius 2 is 1.62 bits per heavy atom. The van der Waals surface area contributed by atoms with E-state index in [4.69, 9.17) is 5.73 Å². The molecule has 2 nitrogen and oxygen atoms in total. The first-order valence-electron chi connectivity index (χ1n) is 7.01. The van der Waals surface area contributed by atoms with E-state index in [0.29, 0.717) is 18.8 Å². The molecule has 0 bridgehead atoms. The van der Waals surface area contributed by atoms with Crippen LogP contribution in [0.25, 0.3) is 0 Å². The number of nitrogens with zero attached hydrogens (tertiary/aromatic N) is 1. The third kappa shape index (κ3) is 4.26. The van der Waals surface area contributed by atoms with Gasteiger partial charge in [0.05, 0.1) is 6.54 Å². The van der Waals surface area contributed by atoms with Crippen molar-refractivity contribution in [1.82, 2.24) is 4.90 Å². The smallest absolute Gasteiger partial charge is 0.285 e. The van der Waals surface area contributed by atoms with Crippen LogP contribution in [0.4, 0.5) is 14.5 Å². The van der Waals surface area contributed by atoms with Crippen LogP contribution in [-0.4, -0.2) is 18.0 Å². The number of anilines is 1. The van der Waals surface area contributed by atoms with E-state index in [1.54, 1.807) is 35.2 Å². The van der Waals surface area contributed by atoms with Gasteiger partial charge in [0.15, 0.2) is 0 Å². The molecule has 2 aromatic rings. The Hall–Kier alpha value is -1.94. The zero-order valence-corrected chi connectivity index (χ0v) is 12.1. The van der Waals surface area contributed by atoms with Crippen LogP contribution in [-0.2, 0) is 12.5 Å². The standard InChI is InChI=1S/C17H20F2N2/c1-2-21(12-14-8-10-16(20)11-9-14)13-17(18,19)15-6-4-3-5-7-15/h3-11H,2,12-13,20H2,1H3. The van der Waals surface area contributed by atoms with Gasteiger partial charge in [0, 0.05) is 17.8 Å². The summed E-state index contributed by atoms with van der Waals surface area (Å²) in [5.74, 6) is -2.86. The van der Waals surface area contributed by atoms with E-state index in [-0.39, 0.29) is 12.1 Å². The Labute approximate surface area is 124 Å². The molecule has 0 aliphatic heterocycles. The number of nitrogens with two attached hydrogens (primary N) is 1. The van der Waals surface area contributed by atoms with Crippen LogP contribution in [0.1, 0.15) is 18.1 Å². The van der Waals surface area contributed by atoms with Gasteiger partial charge in [-0.05, 0) is 24.2 Å². The molecule has 0 amide bonds. The summed E-state index contributed by atoms with van der Waals surface area (Å²) >= 11 is 0. The van der Waals surface area contributed by atoms with Crippen LogP contribution in [0.15, 0.2) is 54.6 Å². The van der Waals surface area contributed by atoms with Crippen LogP contribution in [0, 0.1) is 0 Å². The van der Waals surface area contributed by atoms with Crippen molar-refractivity contribution in [3.63, 3.8) is 0 Å². The second kappa shape index (κ2) is 6.68. The summed E-state index contributed by atoms with van der Waals surface area (Å²) in [5.41, 5.74) is 7.35. The minimum atomic E-state index is -2.86. The molecule has 0 aliphatic carbocycles. The van der Waals surface area contributed by atoms with Gasteiger partial charge in [0.2, 0.25) is 0 Å². The van der Waals surface area contributed by atoms with Crippen molar-refractivity contribution < 1.29 is 8.78 Å². The van der Waals surface area contributed by atoms with Crippen molar-refractivity contribution >= 4 is 5.69 Å². The Morgan fingerprint density at radius 1 is 1.00 bits per heavy atom. The Balaban J connectivity index is 2.06. The molecule has 21 heavy (non-hydrogen) atoms. The minimum Gasteiger partial charge on any atom is -0.399 e. The number of alkyl halides is 2. The summed E-state index contributed by atoms with van der Waals surface area (Å²) in [4.78, 5) is 1.73. The van der Waals surface area contributed by atoms with E-state index in [9.17, 15) is 8.78 Å². The van der Waals surface area contributed by atoms with Gasteiger partial charge in [-0.3, -0.25) is 4.90 Å². The molecule has 0 fully saturated rings. The number of nitrogen functional groups attached to an aromatic ring is 1. The number of hydrogen-bond acceptors (Lipinski definition) is 2. The van der Waals surface area contributed by atoms with Crippen molar-refractivity contribution in [2.75, 3.05) is 18.8 Å². The molecule has 0 spiro atoms. The van der Waals surface area contributed by atoms with Gasteiger partial charge in [0.1, 0.15) is 0 Å². The molecule has 0 atom stereocenters. The summed E-state index contributed by atoms with van der Waals surface area (Å²) < 4.78 is 28.6. The monoisotopic (exact) mass is 290 g/mol. The molecule has 0 radical (unpaired) electrons. The fourth-order valence-corrected chi connectivity index (χ4v) is 2.21. The third-order valence-electron chi connectivity index (χ3n) is 3.45. The second-order valence-corrected chi connectivity index (χ2v) is 5.12. The molecule has 2 rings (SSSR count). The van der Waals surface area contributed by atoms with Crippen LogP contribution >= 0.6 is 0 Å². The van der Waals surface area contributed by atoms with Gasteiger partial charge in [-0.25, -0.2) is 0 Å². The number of hydrogen-bond donors (Lipinski definition) is 1. The lowest BCUT2D eigenvalue weighted by Gasteiger charge is -2.26. The van der Waals surface area contributed by atoms with Crippen molar-refractivity contribution in [2.45, 2.75) is 19.4 Å². The molecule has 112 valence electrons. The molecule has 0 unspecified atom stereocenters. The molecule has 0 saturated heterocycles. The first-order chi connectivity index (χ1) is 10.0. The summed E-state index contributed by atoms with van der Waals surface area (Å²) in [6.07, 6.45) is 0. The van der Waals surface area contributed by atoms with Crippen LogP contribution < -0.4 is 5.73 Å². The van der Waals surface area contributed by atoms with Crippen molar-refractivity contribution in [1.29, 1.82) is 0 Å². The largest absolute Gasteiger partial charge is 0.399 e. The van der Waals surface area contributed by atoms with Crippen molar-refractivity contribution in [3.8, 4) is 0 Å². The quantitative estimate of drug-likeness (QED) is 0.818. The van der Waals surface area contributed by atoms with E-state index < -0.39 is 5.92 Å². The van der Waals surface area contributed by atoms with E-state index in [1.165, 1.54) is 12.1 Å². The second-order valence-electron chi connectivity index (χ2n) is 5.12. The topological polar surface area (TPSA) is 29.3 Å². The average Bonchev–Trinajstić information content (AvgIpc) is 2.49. The Kier molecular flexibility index (Phi) is 4.91. The van der Waals surface area contributed by atoms with Gasteiger partial charge in [0.25, 0.3) is 5.92 Å². The maximum atomic E-state index is 14.3. The molecule has 0 aromatic heterocycles. The number of halogens is 2. The zero-order chi connectivity index (χ0) is 15.3. The zero-order valence-electron chi connectivity index (χ0n) is 12.1. The lowest BCUT2D eigenvalue weighted by molar-refractivity contribution is -0.0388. The molecule has 0 aliphatic rings. The lowest BCUT2D eigenvalue weighted by Crippen LogP contribution is -2.34. The van der Waals surface area contributed by atoms with E-state index in [1.807, 2.05) is 19.1 Å². The predicted molar refractivity (Wildman–Crippen MR) is 82.1 cm³/mol. The summed E-state index contributed by atoms with van der Waals surface area (Å²) in [5, 5.41) is 0. The fourth-order valence-electron chi connectivity index (χ4n) is 2.21. The summed E-state index contributed by atoms with van der Waals surface area (Å²) in [7, 11) is 0. The first-order valence-corrected chi connectivity index (χ1v) is 7.01. The summed E-state index contributed by atoms with van der Waals surface area (Å²) in [6.45, 7) is 2.64. The lowest BCUT2D eigenvalue weighted by atomic mass is 10.1. The predicted octanol–water partition coefficient (Wildman–Crippen LogP) is 3.88. The van der Waals surface area contributed by atoms with E-state index in [2.05, 4.69) is 0 Å². The average molecular weight is 290 g/mol. The van der Waals surface area contributed by atoms with Crippen LogP contribution in [0.3, 0.4) is 0 Å². The van der Waals surface area contributed by atoms with Crippen LogP contribution in [0.5, 0.6) is 0 Å². The first kappa shape index (κ1) is 15.4.